The Labute approximate surface area is 296 Å². The Morgan fingerprint density at radius 3 is 1.47 bits per heavy atom. The lowest BCUT2D eigenvalue weighted by molar-refractivity contribution is -0.0423. The molecule has 0 aliphatic carbocycles. The second-order valence-corrected chi connectivity index (χ2v) is 19.1. The van der Waals surface area contributed by atoms with Crippen LogP contribution in [0.1, 0.15) is 132 Å². The van der Waals surface area contributed by atoms with Gasteiger partial charge in [0.1, 0.15) is 6.10 Å². The van der Waals surface area contributed by atoms with Crippen molar-refractivity contribution < 1.29 is 24.2 Å². The summed E-state index contributed by atoms with van der Waals surface area (Å²) in [7, 11) is -3.07. The summed E-state index contributed by atoms with van der Waals surface area (Å²) in [5, 5.41) is 25.0. The normalized spacial score (nSPS) is 15.3. The summed E-state index contributed by atoms with van der Waals surface area (Å²) in [6.07, 6.45) is 12.4. The maximum atomic E-state index is 13.8. The second-order valence-electron chi connectivity index (χ2n) is 14.8. The van der Waals surface area contributed by atoms with Gasteiger partial charge in [0.05, 0.1) is 29.9 Å². The molecule has 0 bridgehead atoms. The number of carbonyl (C=O) groups is 2. The zero-order valence-electron chi connectivity index (χ0n) is 30.3. The standard InChI is InChI=1S/C42H59NO5Si/c1-5-6-7-8-9-10-11-12-13-14-15-22-31-38(44)39(45)37(43-40(46)35-29-23-24-30-36(35)41(43)47)32-48-49(42(2,3)4,33-25-18-16-19-26-33)34-27-20-17-21-28-34/h16-21,23-30,37-39,44-45H,5-15,22,31-32H2,1-4H3/t37-,38+,39+/m0/s1. The maximum Gasteiger partial charge on any atom is 0.261 e. The first-order chi connectivity index (χ1) is 23.6. The molecular formula is C42H59NO5Si. The van der Waals surface area contributed by atoms with Crippen molar-refractivity contribution in [2.45, 2.75) is 134 Å². The van der Waals surface area contributed by atoms with Crippen LogP contribution in [-0.2, 0) is 4.43 Å². The van der Waals surface area contributed by atoms with Gasteiger partial charge in [0, 0.05) is 0 Å². The highest BCUT2D eigenvalue weighted by molar-refractivity contribution is 6.99. The number of amides is 2. The van der Waals surface area contributed by atoms with E-state index in [4.69, 9.17) is 4.43 Å². The van der Waals surface area contributed by atoms with Gasteiger partial charge in [0.15, 0.2) is 0 Å². The molecule has 0 aromatic heterocycles. The van der Waals surface area contributed by atoms with Crippen LogP contribution in [0.25, 0.3) is 0 Å². The minimum Gasteiger partial charge on any atom is -0.405 e. The Hall–Kier alpha value is -3.10. The van der Waals surface area contributed by atoms with Gasteiger partial charge in [-0.25, -0.2) is 0 Å². The molecule has 0 saturated carbocycles. The molecule has 6 nitrogen and oxygen atoms in total. The average molecular weight is 686 g/mol. The average Bonchev–Trinajstić information content (AvgIpc) is 3.36. The number of nitrogens with zero attached hydrogens (tertiary/aromatic N) is 1. The van der Waals surface area contributed by atoms with Crippen LogP contribution in [0.5, 0.6) is 0 Å². The van der Waals surface area contributed by atoms with Crippen LogP contribution >= 0.6 is 0 Å². The molecule has 7 heteroatoms. The van der Waals surface area contributed by atoms with Crippen LogP contribution in [0, 0.1) is 0 Å². The summed E-state index contributed by atoms with van der Waals surface area (Å²) >= 11 is 0. The van der Waals surface area contributed by atoms with Gasteiger partial charge < -0.3 is 14.6 Å². The monoisotopic (exact) mass is 685 g/mol. The summed E-state index contributed by atoms with van der Waals surface area (Å²) in [5.41, 5.74) is 0.621. The van der Waals surface area contributed by atoms with Crippen LogP contribution in [-0.4, -0.2) is 60.1 Å². The number of fused-ring (bicyclic) bond motifs is 1. The van der Waals surface area contributed by atoms with Gasteiger partial charge >= 0.3 is 0 Å². The van der Waals surface area contributed by atoms with Crippen LogP contribution < -0.4 is 10.4 Å². The van der Waals surface area contributed by atoms with Crippen LogP contribution in [0.3, 0.4) is 0 Å². The number of carbonyl (C=O) groups excluding carboxylic acids is 2. The molecule has 49 heavy (non-hydrogen) atoms. The molecule has 1 aliphatic heterocycles. The SMILES string of the molecule is CCCCCCCCCCCCCC[C@@H](O)[C@H](O)[C@H](CO[Si](c1ccccc1)(c1ccccc1)C(C)(C)C)N1C(=O)c2ccccc2C1=O. The summed E-state index contributed by atoms with van der Waals surface area (Å²) in [5.74, 6) is -0.929. The first kappa shape index (κ1) is 38.7. The minimum atomic E-state index is -3.07. The first-order valence-corrected chi connectivity index (χ1v) is 20.6. The lowest BCUT2D eigenvalue weighted by atomic mass is 9.98. The number of aliphatic hydroxyl groups is 2. The summed E-state index contributed by atoms with van der Waals surface area (Å²) in [6, 6.07) is 26.0. The van der Waals surface area contributed by atoms with Crippen molar-refractivity contribution >= 4 is 30.5 Å². The molecule has 2 amide bonds. The molecule has 4 rings (SSSR count). The zero-order valence-corrected chi connectivity index (χ0v) is 31.3. The number of rotatable bonds is 21. The minimum absolute atomic E-state index is 0.102. The van der Waals surface area contributed by atoms with Gasteiger partial charge in [-0.15, -0.1) is 0 Å². The number of unbranched alkanes of at least 4 members (excludes halogenated alkanes) is 11. The van der Waals surface area contributed by atoms with Crippen molar-refractivity contribution in [1.82, 2.24) is 4.90 Å². The smallest absolute Gasteiger partial charge is 0.261 e. The van der Waals surface area contributed by atoms with Crippen molar-refractivity contribution in [3.63, 3.8) is 0 Å². The van der Waals surface area contributed by atoms with Gasteiger partial charge in [-0.2, -0.15) is 0 Å². The van der Waals surface area contributed by atoms with Crippen LogP contribution in [0.4, 0.5) is 0 Å². The molecule has 0 radical (unpaired) electrons. The highest BCUT2D eigenvalue weighted by Gasteiger charge is 2.52. The Bertz CT molecular complexity index is 1370. The van der Waals surface area contributed by atoms with E-state index in [1.165, 1.54) is 57.8 Å². The van der Waals surface area contributed by atoms with Gasteiger partial charge in [-0.05, 0) is 34.0 Å². The van der Waals surface area contributed by atoms with Crippen molar-refractivity contribution in [2.75, 3.05) is 6.61 Å². The van der Waals surface area contributed by atoms with Crippen molar-refractivity contribution in [3.8, 4) is 0 Å². The van der Waals surface area contributed by atoms with Crippen LogP contribution in [0.15, 0.2) is 84.9 Å². The van der Waals surface area contributed by atoms with E-state index < -0.39 is 38.4 Å². The third kappa shape index (κ3) is 9.57. The Morgan fingerprint density at radius 1 is 0.633 bits per heavy atom. The molecule has 0 unspecified atom stereocenters. The van der Waals surface area contributed by atoms with Gasteiger partial charge in [0.2, 0.25) is 0 Å². The molecule has 0 saturated heterocycles. The summed E-state index contributed by atoms with van der Waals surface area (Å²) < 4.78 is 7.15. The molecule has 0 spiro atoms. The second kappa shape index (κ2) is 18.8. The quantitative estimate of drug-likeness (QED) is 0.0674. The topological polar surface area (TPSA) is 87.1 Å². The van der Waals surface area contributed by atoms with Crippen molar-refractivity contribution in [2.24, 2.45) is 0 Å². The lowest BCUT2D eigenvalue weighted by Crippen LogP contribution is -2.68. The Morgan fingerprint density at radius 2 is 1.04 bits per heavy atom. The molecular weight excluding hydrogens is 627 g/mol. The predicted octanol–water partition coefficient (Wildman–Crippen LogP) is 8.04. The van der Waals surface area contributed by atoms with Crippen molar-refractivity contribution in [1.29, 1.82) is 0 Å². The van der Waals surface area contributed by atoms with Gasteiger partial charge in [-0.3, -0.25) is 14.5 Å². The van der Waals surface area contributed by atoms with Crippen molar-refractivity contribution in [3.05, 3.63) is 96.1 Å². The van der Waals surface area contributed by atoms with E-state index in [9.17, 15) is 19.8 Å². The van der Waals surface area contributed by atoms with Crippen LogP contribution in [0.2, 0.25) is 5.04 Å². The summed E-state index contributed by atoms with van der Waals surface area (Å²) in [6.45, 7) is 8.63. The molecule has 1 heterocycles. The predicted molar refractivity (Wildman–Crippen MR) is 202 cm³/mol. The van der Waals surface area contributed by atoms with E-state index in [1.807, 2.05) is 36.4 Å². The zero-order chi connectivity index (χ0) is 35.3. The Kier molecular flexibility index (Phi) is 14.8. The number of hydrogen-bond donors (Lipinski definition) is 2. The maximum absolute atomic E-state index is 13.8. The number of benzene rings is 3. The highest BCUT2D eigenvalue weighted by atomic mass is 28.4. The third-order valence-corrected chi connectivity index (χ3v) is 15.2. The van der Waals surface area contributed by atoms with Gasteiger partial charge in [-0.1, -0.05) is 178 Å². The molecule has 3 aromatic carbocycles. The van der Waals surface area contributed by atoms with E-state index in [1.54, 1.807) is 24.3 Å². The van der Waals surface area contributed by atoms with E-state index in [-0.39, 0.29) is 11.6 Å². The first-order valence-electron chi connectivity index (χ1n) is 18.7. The number of aliphatic hydroxyl groups excluding tert-OH is 2. The fraction of sp³-hybridized carbons (Fsp3) is 0.524. The van der Waals surface area contributed by atoms with Gasteiger partial charge in [0.25, 0.3) is 20.1 Å². The van der Waals surface area contributed by atoms with E-state index in [0.717, 1.165) is 34.5 Å². The molecule has 0 fully saturated rings. The molecule has 2 N–H and O–H groups in total. The largest absolute Gasteiger partial charge is 0.405 e. The molecule has 266 valence electrons. The van der Waals surface area contributed by atoms with E-state index in [0.29, 0.717) is 17.5 Å². The molecule has 3 atom stereocenters. The van der Waals surface area contributed by atoms with E-state index >= 15 is 0 Å². The fourth-order valence-electron chi connectivity index (χ4n) is 7.43. The molecule has 1 aliphatic rings. The number of imide groups is 1. The van der Waals surface area contributed by atoms with E-state index in [2.05, 4.69) is 52.0 Å². The molecule has 3 aromatic rings. The lowest BCUT2D eigenvalue weighted by Gasteiger charge is -2.44. The fourth-order valence-corrected chi connectivity index (χ4v) is 12.0. The third-order valence-electron chi connectivity index (χ3n) is 10.2. The summed E-state index contributed by atoms with van der Waals surface area (Å²) in [4.78, 5) is 28.7. The highest BCUT2D eigenvalue weighted by Crippen LogP contribution is 2.38. The number of hydrogen-bond acceptors (Lipinski definition) is 5. The Balaban J connectivity index is 1.49.